The molecule has 0 unspecified atom stereocenters. The van der Waals surface area contributed by atoms with Crippen LogP contribution in [-0.2, 0) is 20.9 Å². The number of ether oxygens (including phenoxy) is 1. The van der Waals surface area contributed by atoms with Gasteiger partial charge in [0.15, 0.2) is 0 Å². The van der Waals surface area contributed by atoms with Gasteiger partial charge in [-0.2, -0.15) is 0 Å². The second-order valence-corrected chi connectivity index (χ2v) is 11.0. The smallest absolute Gasteiger partial charge is 0.407 e. The normalized spacial score (nSPS) is 13.3. The Balaban J connectivity index is 1.40. The first-order valence-electron chi connectivity index (χ1n) is 14.6. The lowest BCUT2D eigenvalue weighted by Crippen LogP contribution is -2.54. The number of nitrogens with one attached hydrogen (secondary N) is 4. The Morgan fingerprint density at radius 1 is 0.864 bits per heavy atom. The van der Waals surface area contributed by atoms with Crippen molar-refractivity contribution >= 4 is 29.6 Å². The summed E-state index contributed by atoms with van der Waals surface area (Å²) in [5.41, 5.74) is 10.7. The number of aliphatic hydroxyl groups is 1. The quantitative estimate of drug-likeness (QED) is 0.163. The Hall–Kier alpha value is -4.90. The van der Waals surface area contributed by atoms with Crippen LogP contribution in [0.4, 0.5) is 15.3 Å². The monoisotopic (exact) mass is 601 g/mol. The third kappa shape index (κ3) is 8.13. The maximum atomic E-state index is 13.4. The van der Waals surface area contributed by atoms with E-state index in [1.807, 2.05) is 48.5 Å². The summed E-state index contributed by atoms with van der Waals surface area (Å²) in [4.78, 5) is 50.7. The number of hydrogen-bond donors (Lipinski definition) is 6. The summed E-state index contributed by atoms with van der Waals surface area (Å²) in [6.45, 7) is 3.74. The second-order valence-electron chi connectivity index (χ2n) is 11.0. The van der Waals surface area contributed by atoms with Gasteiger partial charge in [0.1, 0.15) is 18.7 Å². The lowest BCUT2D eigenvalue weighted by molar-refractivity contribution is -0.128. The summed E-state index contributed by atoms with van der Waals surface area (Å²) < 4.78 is 5.64. The average molecular weight is 602 g/mol. The zero-order valence-electron chi connectivity index (χ0n) is 24.8. The molecule has 0 saturated heterocycles. The number of nitrogens with two attached hydrogens (primary N) is 1. The van der Waals surface area contributed by atoms with Gasteiger partial charge < -0.3 is 36.8 Å². The van der Waals surface area contributed by atoms with Gasteiger partial charge in [-0.15, -0.1) is 0 Å². The lowest BCUT2D eigenvalue weighted by Gasteiger charge is -2.25. The summed E-state index contributed by atoms with van der Waals surface area (Å²) in [6, 6.07) is 20.0. The van der Waals surface area contributed by atoms with E-state index >= 15 is 0 Å². The van der Waals surface area contributed by atoms with Crippen molar-refractivity contribution in [1.82, 2.24) is 16.0 Å². The topological polar surface area (TPSA) is 172 Å². The molecule has 0 aliphatic heterocycles. The Labute approximate surface area is 256 Å². The van der Waals surface area contributed by atoms with Gasteiger partial charge in [-0.1, -0.05) is 74.5 Å². The van der Waals surface area contributed by atoms with Crippen molar-refractivity contribution in [3.8, 4) is 11.1 Å². The minimum atomic E-state index is -0.978. The van der Waals surface area contributed by atoms with Gasteiger partial charge >= 0.3 is 12.1 Å². The minimum Gasteiger partial charge on any atom is -0.449 e. The van der Waals surface area contributed by atoms with Crippen molar-refractivity contribution in [2.75, 3.05) is 18.5 Å². The number of rotatable bonds is 13. The van der Waals surface area contributed by atoms with E-state index in [1.165, 1.54) is 0 Å². The molecule has 0 bridgehead atoms. The number of urea groups is 1. The first-order chi connectivity index (χ1) is 21.2. The molecule has 11 nitrogen and oxygen atoms in total. The van der Waals surface area contributed by atoms with E-state index in [9.17, 15) is 24.3 Å². The molecular formula is C33H39N5O6. The number of alkyl carbamates (subject to hydrolysis) is 1. The zero-order valence-corrected chi connectivity index (χ0v) is 24.8. The van der Waals surface area contributed by atoms with Crippen LogP contribution in [0, 0.1) is 5.92 Å². The largest absolute Gasteiger partial charge is 0.449 e. The van der Waals surface area contributed by atoms with Gasteiger partial charge in [0.25, 0.3) is 0 Å². The highest BCUT2D eigenvalue weighted by Crippen LogP contribution is 2.44. The summed E-state index contributed by atoms with van der Waals surface area (Å²) in [5, 5.41) is 19.9. The Morgan fingerprint density at radius 2 is 1.48 bits per heavy atom. The van der Waals surface area contributed by atoms with Crippen LogP contribution in [-0.4, -0.2) is 54.3 Å². The number of anilines is 1. The number of fused-ring (bicyclic) bond motifs is 3. The van der Waals surface area contributed by atoms with Gasteiger partial charge in [-0.05, 0) is 58.7 Å². The van der Waals surface area contributed by atoms with Gasteiger partial charge in [-0.3, -0.25) is 9.59 Å². The molecule has 0 radical (unpaired) electrons. The van der Waals surface area contributed by atoms with Gasteiger partial charge in [0.2, 0.25) is 11.8 Å². The van der Waals surface area contributed by atoms with E-state index in [0.717, 1.165) is 22.3 Å². The molecular weight excluding hydrogens is 562 g/mol. The van der Waals surface area contributed by atoms with E-state index < -0.39 is 36.0 Å². The molecule has 0 saturated carbocycles. The van der Waals surface area contributed by atoms with Crippen molar-refractivity contribution < 1.29 is 29.0 Å². The molecule has 0 heterocycles. The minimum absolute atomic E-state index is 0.0965. The van der Waals surface area contributed by atoms with E-state index in [-0.39, 0.29) is 38.0 Å². The van der Waals surface area contributed by atoms with Gasteiger partial charge in [0.05, 0.1) is 6.61 Å². The molecule has 3 aromatic carbocycles. The van der Waals surface area contributed by atoms with Crippen molar-refractivity contribution in [3.63, 3.8) is 0 Å². The summed E-state index contributed by atoms with van der Waals surface area (Å²) in [6.07, 6.45) is -0.185. The molecule has 1 aliphatic rings. The number of aliphatic hydroxyl groups excluding tert-OH is 1. The van der Waals surface area contributed by atoms with Crippen LogP contribution in [0.15, 0.2) is 72.8 Å². The first-order valence-corrected chi connectivity index (χ1v) is 14.6. The van der Waals surface area contributed by atoms with Crippen molar-refractivity contribution in [1.29, 1.82) is 0 Å². The number of hydrogen-bond acceptors (Lipinski definition) is 6. The van der Waals surface area contributed by atoms with Gasteiger partial charge in [0, 0.05) is 18.2 Å². The van der Waals surface area contributed by atoms with Crippen molar-refractivity contribution in [2.24, 2.45) is 11.7 Å². The van der Waals surface area contributed by atoms with Crippen molar-refractivity contribution in [2.45, 2.75) is 51.3 Å². The predicted molar refractivity (Wildman–Crippen MR) is 167 cm³/mol. The van der Waals surface area contributed by atoms with E-state index in [4.69, 9.17) is 10.5 Å². The van der Waals surface area contributed by atoms with Crippen LogP contribution < -0.4 is 27.0 Å². The molecule has 0 aromatic heterocycles. The van der Waals surface area contributed by atoms with Crippen LogP contribution >= 0.6 is 0 Å². The second kappa shape index (κ2) is 15.0. The Bertz CT molecular complexity index is 1430. The number of primary amides is 1. The van der Waals surface area contributed by atoms with Crippen LogP contribution in [0.25, 0.3) is 11.1 Å². The highest BCUT2D eigenvalue weighted by molar-refractivity contribution is 5.98. The third-order valence-electron chi connectivity index (χ3n) is 7.57. The molecule has 7 N–H and O–H groups in total. The molecule has 0 fully saturated rings. The standard InChI is InChI=1S/C33H39N5O6/c1-20(2)29(38-33(43)44-19-27-25-10-5-3-8-23(25)24-9-4-6-11-26(24)27)31(41)37-28(12-7-17-35-32(34)42)30(40)36-22-15-13-21(18-39)14-16-22/h3-6,8-11,13-16,20,27-29,39H,7,12,17-19H2,1-2H3,(H,36,40)(H,37,41)(H,38,43)(H3,34,35,42)/t28-,29-/m0/s1. The maximum absolute atomic E-state index is 13.4. The molecule has 2 atom stereocenters. The zero-order chi connectivity index (χ0) is 31.6. The number of benzene rings is 3. The van der Waals surface area contributed by atoms with Crippen molar-refractivity contribution in [3.05, 3.63) is 89.5 Å². The molecule has 11 heteroatoms. The molecule has 232 valence electrons. The molecule has 4 rings (SSSR count). The number of carbonyl (C=O) groups is 4. The fourth-order valence-corrected chi connectivity index (χ4v) is 5.27. The van der Waals surface area contributed by atoms with Crippen LogP contribution in [0.2, 0.25) is 0 Å². The first kappa shape index (κ1) is 32.0. The van der Waals surface area contributed by atoms with Gasteiger partial charge in [-0.25, -0.2) is 9.59 Å². The SMILES string of the molecule is CC(C)[C@H](NC(=O)OCC1c2ccccc2-c2ccccc21)C(=O)N[C@@H](CCCNC(N)=O)C(=O)Nc1ccc(CO)cc1. The number of amides is 5. The molecule has 0 spiro atoms. The summed E-state index contributed by atoms with van der Waals surface area (Å²) >= 11 is 0. The van der Waals surface area contributed by atoms with Crippen LogP contribution in [0.1, 0.15) is 49.3 Å². The fourth-order valence-electron chi connectivity index (χ4n) is 5.27. The highest BCUT2D eigenvalue weighted by Gasteiger charge is 2.32. The van der Waals surface area contributed by atoms with Crippen LogP contribution in [0.5, 0.6) is 0 Å². The maximum Gasteiger partial charge on any atom is 0.407 e. The molecule has 1 aliphatic carbocycles. The molecule has 3 aromatic rings. The summed E-state index contributed by atoms with van der Waals surface area (Å²) in [5.74, 6) is -1.47. The van der Waals surface area contributed by atoms with E-state index in [1.54, 1.807) is 38.1 Å². The van der Waals surface area contributed by atoms with Crippen LogP contribution in [0.3, 0.4) is 0 Å². The van der Waals surface area contributed by atoms with E-state index in [0.29, 0.717) is 17.7 Å². The highest BCUT2D eigenvalue weighted by atomic mass is 16.5. The number of carbonyl (C=O) groups excluding carboxylic acids is 4. The Kier molecular flexibility index (Phi) is 10.9. The lowest BCUT2D eigenvalue weighted by atomic mass is 9.98. The summed E-state index contributed by atoms with van der Waals surface area (Å²) in [7, 11) is 0. The third-order valence-corrected chi connectivity index (χ3v) is 7.57. The predicted octanol–water partition coefficient (Wildman–Crippen LogP) is 3.61. The Morgan fingerprint density at radius 3 is 2.05 bits per heavy atom. The van der Waals surface area contributed by atoms with E-state index in [2.05, 4.69) is 21.3 Å². The average Bonchev–Trinajstić information content (AvgIpc) is 3.33. The fraction of sp³-hybridized carbons (Fsp3) is 0.333. The molecule has 5 amide bonds. The molecule has 44 heavy (non-hydrogen) atoms.